The summed E-state index contributed by atoms with van der Waals surface area (Å²) in [5.41, 5.74) is 0.713. The van der Waals surface area contributed by atoms with Crippen molar-refractivity contribution in [1.82, 2.24) is 10.2 Å². The Hall–Kier alpha value is -3.43. The first kappa shape index (κ1) is 30.1. The van der Waals surface area contributed by atoms with Gasteiger partial charge in [-0.05, 0) is 42.0 Å². The minimum Gasteiger partial charge on any atom is -0.508 e. The molecule has 2 aromatic rings. The largest absolute Gasteiger partial charge is 0.508 e. The molecule has 1 aliphatic rings. The van der Waals surface area contributed by atoms with Gasteiger partial charge in [-0.15, -0.1) is 0 Å². The zero-order valence-electron chi connectivity index (χ0n) is 23.2. The van der Waals surface area contributed by atoms with E-state index in [4.69, 9.17) is 14.2 Å². The molecule has 1 saturated heterocycles. The normalized spacial score (nSPS) is 18.0. The van der Waals surface area contributed by atoms with E-state index in [-0.39, 0.29) is 29.9 Å². The van der Waals surface area contributed by atoms with E-state index in [1.165, 1.54) is 24.1 Å². The third-order valence-corrected chi connectivity index (χ3v) is 6.66. The van der Waals surface area contributed by atoms with Crippen LogP contribution in [0.3, 0.4) is 0 Å². The molecular weight excluding hydrogens is 500 g/mol. The molecule has 1 aliphatic heterocycles. The van der Waals surface area contributed by atoms with Gasteiger partial charge in [0.2, 0.25) is 5.91 Å². The van der Waals surface area contributed by atoms with Gasteiger partial charge >= 0.3 is 5.97 Å². The summed E-state index contributed by atoms with van der Waals surface area (Å²) in [5.74, 6) is -1.44. The number of rotatable bonds is 12. The van der Waals surface area contributed by atoms with E-state index in [1.54, 1.807) is 12.1 Å². The summed E-state index contributed by atoms with van der Waals surface area (Å²) < 4.78 is 16.7. The van der Waals surface area contributed by atoms with Crippen molar-refractivity contribution in [3.8, 4) is 5.75 Å². The SMILES string of the molecule is COC(=O)C1CC(OCCCCOCc2ccccc2)CN1C(=O)C(NC(=O)c1cccc(O)c1)C(C)(C)C. The van der Waals surface area contributed by atoms with Crippen molar-refractivity contribution >= 4 is 17.8 Å². The summed E-state index contributed by atoms with van der Waals surface area (Å²) in [4.78, 5) is 40.7. The zero-order valence-corrected chi connectivity index (χ0v) is 23.2. The molecule has 39 heavy (non-hydrogen) atoms. The van der Waals surface area contributed by atoms with Crippen LogP contribution in [0.2, 0.25) is 0 Å². The Labute approximate surface area is 230 Å². The molecule has 212 valence electrons. The van der Waals surface area contributed by atoms with Crippen LogP contribution in [0.5, 0.6) is 5.75 Å². The van der Waals surface area contributed by atoms with Gasteiger partial charge in [-0.25, -0.2) is 4.79 Å². The van der Waals surface area contributed by atoms with Gasteiger partial charge < -0.3 is 29.5 Å². The third-order valence-electron chi connectivity index (χ3n) is 6.66. The maximum Gasteiger partial charge on any atom is 0.328 e. The third kappa shape index (κ3) is 8.80. The number of amides is 2. The Morgan fingerprint density at radius 2 is 1.77 bits per heavy atom. The van der Waals surface area contributed by atoms with E-state index in [1.807, 2.05) is 51.1 Å². The number of phenols is 1. The van der Waals surface area contributed by atoms with Crippen molar-refractivity contribution in [3.63, 3.8) is 0 Å². The monoisotopic (exact) mass is 540 g/mol. The molecule has 0 spiro atoms. The van der Waals surface area contributed by atoms with Gasteiger partial charge in [-0.1, -0.05) is 57.2 Å². The second kappa shape index (κ2) is 14.1. The van der Waals surface area contributed by atoms with Gasteiger partial charge in [-0.3, -0.25) is 9.59 Å². The smallest absolute Gasteiger partial charge is 0.328 e. The number of nitrogens with zero attached hydrogens (tertiary/aromatic N) is 1. The molecular formula is C30H40N2O7. The van der Waals surface area contributed by atoms with Gasteiger partial charge in [0.1, 0.15) is 17.8 Å². The fourth-order valence-corrected chi connectivity index (χ4v) is 4.52. The van der Waals surface area contributed by atoms with E-state index in [0.717, 1.165) is 18.4 Å². The van der Waals surface area contributed by atoms with Crippen molar-refractivity contribution < 1.29 is 33.7 Å². The number of hydrogen-bond acceptors (Lipinski definition) is 7. The van der Waals surface area contributed by atoms with Crippen LogP contribution in [0.1, 0.15) is 56.0 Å². The molecule has 0 aromatic heterocycles. The predicted molar refractivity (Wildman–Crippen MR) is 146 cm³/mol. The highest BCUT2D eigenvalue weighted by Crippen LogP contribution is 2.28. The predicted octanol–water partition coefficient (Wildman–Crippen LogP) is 3.69. The quantitative estimate of drug-likeness (QED) is 0.312. The summed E-state index contributed by atoms with van der Waals surface area (Å²) in [5, 5.41) is 12.5. The van der Waals surface area contributed by atoms with E-state index in [0.29, 0.717) is 26.2 Å². The highest BCUT2D eigenvalue weighted by Gasteiger charge is 2.45. The molecule has 3 atom stereocenters. The summed E-state index contributed by atoms with van der Waals surface area (Å²) in [6.45, 7) is 7.41. The number of likely N-dealkylation sites (tertiary alicyclic amines) is 1. The van der Waals surface area contributed by atoms with E-state index in [9.17, 15) is 19.5 Å². The lowest BCUT2D eigenvalue weighted by atomic mass is 9.85. The van der Waals surface area contributed by atoms with Crippen molar-refractivity contribution in [2.24, 2.45) is 5.41 Å². The summed E-state index contributed by atoms with van der Waals surface area (Å²) in [7, 11) is 1.29. The number of aromatic hydroxyl groups is 1. The Morgan fingerprint density at radius 1 is 1.05 bits per heavy atom. The average Bonchev–Trinajstić information content (AvgIpc) is 3.34. The topological polar surface area (TPSA) is 114 Å². The maximum atomic E-state index is 13.7. The molecule has 9 nitrogen and oxygen atoms in total. The molecule has 0 radical (unpaired) electrons. The summed E-state index contributed by atoms with van der Waals surface area (Å²) in [6.07, 6.45) is 1.61. The number of benzene rings is 2. The number of methoxy groups -OCH3 is 1. The molecule has 2 aromatic carbocycles. The Morgan fingerprint density at radius 3 is 2.44 bits per heavy atom. The van der Waals surface area contributed by atoms with Crippen molar-refractivity contribution in [1.29, 1.82) is 0 Å². The van der Waals surface area contributed by atoms with E-state index < -0.39 is 29.4 Å². The molecule has 0 saturated carbocycles. The van der Waals surface area contributed by atoms with Crippen LogP contribution >= 0.6 is 0 Å². The van der Waals surface area contributed by atoms with Crippen LogP contribution in [-0.2, 0) is 30.4 Å². The fraction of sp³-hybridized carbons (Fsp3) is 0.500. The molecule has 9 heteroatoms. The fourth-order valence-electron chi connectivity index (χ4n) is 4.52. The van der Waals surface area contributed by atoms with Crippen LogP contribution in [0.25, 0.3) is 0 Å². The van der Waals surface area contributed by atoms with Crippen molar-refractivity contribution in [2.45, 2.75) is 64.8 Å². The first-order chi connectivity index (χ1) is 18.6. The van der Waals surface area contributed by atoms with E-state index >= 15 is 0 Å². The zero-order chi connectivity index (χ0) is 28.4. The minimum absolute atomic E-state index is 0.0469. The molecule has 0 bridgehead atoms. The van der Waals surface area contributed by atoms with Gasteiger partial charge in [0.25, 0.3) is 5.91 Å². The van der Waals surface area contributed by atoms with E-state index in [2.05, 4.69) is 5.32 Å². The lowest BCUT2D eigenvalue weighted by Gasteiger charge is -2.35. The number of esters is 1. The lowest BCUT2D eigenvalue weighted by molar-refractivity contribution is -0.152. The second-order valence-corrected chi connectivity index (χ2v) is 10.8. The first-order valence-electron chi connectivity index (χ1n) is 13.3. The number of carbonyl (C=O) groups is 3. The Balaban J connectivity index is 1.56. The highest BCUT2D eigenvalue weighted by atomic mass is 16.5. The van der Waals surface area contributed by atoms with Gasteiger partial charge in [0.15, 0.2) is 0 Å². The minimum atomic E-state index is -0.917. The molecule has 3 rings (SSSR count). The highest BCUT2D eigenvalue weighted by molar-refractivity contribution is 5.98. The average molecular weight is 541 g/mol. The molecule has 1 fully saturated rings. The summed E-state index contributed by atoms with van der Waals surface area (Å²) in [6, 6.07) is 14.2. The second-order valence-electron chi connectivity index (χ2n) is 10.8. The number of nitrogens with one attached hydrogen (secondary N) is 1. The van der Waals surface area contributed by atoms with Crippen LogP contribution in [0.15, 0.2) is 54.6 Å². The van der Waals surface area contributed by atoms with Gasteiger partial charge in [0.05, 0.1) is 19.8 Å². The van der Waals surface area contributed by atoms with Crippen molar-refractivity contribution in [3.05, 3.63) is 65.7 Å². The number of ether oxygens (including phenoxy) is 3. The number of hydrogen-bond donors (Lipinski definition) is 2. The Kier molecular flexibility index (Phi) is 10.9. The summed E-state index contributed by atoms with van der Waals surface area (Å²) >= 11 is 0. The number of unbranched alkanes of at least 4 members (excludes halogenated alkanes) is 1. The first-order valence-corrected chi connectivity index (χ1v) is 13.3. The molecule has 2 amide bonds. The van der Waals surface area contributed by atoms with Gasteiger partial charge in [-0.2, -0.15) is 0 Å². The van der Waals surface area contributed by atoms with Crippen LogP contribution in [0.4, 0.5) is 0 Å². The number of carbonyl (C=O) groups excluding carboxylic acids is 3. The van der Waals surface area contributed by atoms with Crippen molar-refractivity contribution in [2.75, 3.05) is 26.9 Å². The Bertz CT molecular complexity index is 1100. The molecule has 3 unspecified atom stereocenters. The standard InChI is InChI=1S/C30H40N2O7/c1-30(2,3)26(31-27(34)22-13-10-14-23(33)17-22)28(35)32-19-24(18-25(32)29(36)37-4)39-16-9-8-15-38-20-21-11-6-5-7-12-21/h5-7,10-14,17,24-26,33H,8-9,15-16,18-20H2,1-4H3,(H,31,34). The van der Waals surface area contributed by atoms with Crippen LogP contribution in [-0.4, -0.2) is 72.8 Å². The molecule has 0 aliphatic carbocycles. The van der Waals surface area contributed by atoms with Crippen LogP contribution < -0.4 is 5.32 Å². The van der Waals surface area contributed by atoms with Gasteiger partial charge in [0, 0.05) is 31.7 Å². The maximum absolute atomic E-state index is 13.7. The molecule has 1 heterocycles. The molecule has 2 N–H and O–H groups in total. The van der Waals surface area contributed by atoms with Crippen LogP contribution in [0, 0.1) is 5.41 Å². The number of phenolic OH excluding ortho intramolecular Hbond substituents is 1. The lowest BCUT2D eigenvalue weighted by Crippen LogP contribution is -2.56.